The van der Waals surface area contributed by atoms with Crippen molar-refractivity contribution in [1.29, 1.82) is 0 Å². The predicted octanol–water partition coefficient (Wildman–Crippen LogP) is 4.28. The summed E-state index contributed by atoms with van der Waals surface area (Å²) >= 11 is 3.37. The van der Waals surface area contributed by atoms with Gasteiger partial charge < -0.3 is 10.0 Å². The molecule has 0 bridgehead atoms. The molecular weight excluding hydrogens is 335 g/mol. The van der Waals surface area contributed by atoms with E-state index in [1.54, 1.807) is 13.0 Å². The van der Waals surface area contributed by atoms with Gasteiger partial charge in [0, 0.05) is 28.8 Å². The molecule has 1 aromatic rings. The number of nitrogens with zero attached hydrogens (tertiary/aromatic N) is 1. The van der Waals surface area contributed by atoms with Gasteiger partial charge >= 0.3 is 6.18 Å². The third-order valence-corrected chi connectivity index (χ3v) is 4.23. The SMILES string of the molecule is CC(O)c1ccc(Br)cc1N1CCC(C(F)(F)F)CC1. The molecule has 1 heterocycles. The van der Waals surface area contributed by atoms with Crippen LogP contribution in [0.3, 0.4) is 0 Å². The number of hydrogen-bond donors (Lipinski definition) is 1. The molecule has 1 aliphatic rings. The summed E-state index contributed by atoms with van der Waals surface area (Å²) in [5.41, 5.74) is 1.56. The number of rotatable bonds is 2. The van der Waals surface area contributed by atoms with Gasteiger partial charge in [-0.2, -0.15) is 13.2 Å². The van der Waals surface area contributed by atoms with Crippen LogP contribution in [0.4, 0.5) is 18.9 Å². The number of halogens is 4. The van der Waals surface area contributed by atoms with Crippen LogP contribution in [-0.2, 0) is 0 Å². The Hall–Kier alpha value is -0.750. The average molecular weight is 352 g/mol. The van der Waals surface area contributed by atoms with Gasteiger partial charge in [0.25, 0.3) is 0 Å². The molecule has 1 aromatic carbocycles. The smallest absolute Gasteiger partial charge is 0.389 e. The van der Waals surface area contributed by atoms with Gasteiger partial charge in [-0.3, -0.25) is 0 Å². The Kier molecular flexibility index (Phi) is 4.64. The highest BCUT2D eigenvalue weighted by atomic mass is 79.9. The van der Waals surface area contributed by atoms with Crippen LogP contribution in [0.15, 0.2) is 22.7 Å². The summed E-state index contributed by atoms with van der Waals surface area (Å²) in [6.07, 6.45) is -4.53. The lowest BCUT2D eigenvalue weighted by atomic mass is 9.95. The number of hydrogen-bond acceptors (Lipinski definition) is 2. The first kappa shape index (κ1) is 15.6. The fraction of sp³-hybridized carbons (Fsp3) is 0.571. The summed E-state index contributed by atoms with van der Waals surface area (Å²) in [6, 6.07) is 5.49. The van der Waals surface area contributed by atoms with Gasteiger partial charge in [0.1, 0.15) is 0 Å². The summed E-state index contributed by atoms with van der Waals surface area (Å²) in [5, 5.41) is 9.79. The Morgan fingerprint density at radius 2 is 1.90 bits per heavy atom. The van der Waals surface area contributed by atoms with Gasteiger partial charge in [-0.25, -0.2) is 0 Å². The van der Waals surface area contributed by atoms with Gasteiger partial charge in [-0.05, 0) is 31.9 Å². The van der Waals surface area contributed by atoms with E-state index in [9.17, 15) is 18.3 Å². The zero-order valence-corrected chi connectivity index (χ0v) is 12.7. The van der Waals surface area contributed by atoms with Crippen molar-refractivity contribution in [1.82, 2.24) is 0 Å². The zero-order chi connectivity index (χ0) is 14.9. The highest BCUT2D eigenvalue weighted by Crippen LogP contribution is 2.37. The topological polar surface area (TPSA) is 23.5 Å². The number of piperidine rings is 1. The van der Waals surface area contributed by atoms with E-state index in [1.165, 1.54) is 0 Å². The van der Waals surface area contributed by atoms with Crippen LogP contribution in [-0.4, -0.2) is 24.4 Å². The summed E-state index contributed by atoms with van der Waals surface area (Å²) in [7, 11) is 0. The Balaban J connectivity index is 2.16. The number of aliphatic hydroxyl groups is 1. The minimum Gasteiger partial charge on any atom is -0.389 e. The fourth-order valence-electron chi connectivity index (χ4n) is 2.59. The van der Waals surface area contributed by atoms with Crippen LogP contribution in [0.25, 0.3) is 0 Å². The number of anilines is 1. The molecule has 1 N–H and O–H groups in total. The van der Waals surface area contributed by atoms with Gasteiger partial charge in [0.2, 0.25) is 0 Å². The normalized spacial score (nSPS) is 19.2. The lowest BCUT2D eigenvalue weighted by molar-refractivity contribution is -0.179. The zero-order valence-electron chi connectivity index (χ0n) is 11.1. The lowest BCUT2D eigenvalue weighted by Crippen LogP contribution is -2.39. The highest BCUT2D eigenvalue weighted by Gasteiger charge is 2.41. The molecule has 1 unspecified atom stereocenters. The van der Waals surface area contributed by atoms with E-state index >= 15 is 0 Å². The van der Waals surface area contributed by atoms with E-state index < -0.39 is 18.2 Å². The first-order valence-corrected chi connectivity index (χ1v) is 7.37. The molecule has 0 aliphatic carbocycles. The van der Waals surface area contributed by atoms with Crippen LogP contribution in [0.1, 0.15) is 31.4 Å². The highest BCUT2D eigenvalue weighted by molar-refractivity contribution is 9.10. The average Bonchev–Trinajstić information content (AvgIpc) is 2.37. The summed E-state index contributed by atoms with van der Waals surface area (Å²) < 4.78 is 38.9. The van der Waals surface area contributed by atoms with Crippen molar-refractivity contribution in [3.8, 4) is 0 Å². The first-order valence-electron chi connectivity index (χ1n) is 6.58. The molecule has 112 valence electrons. The van der Waals surface area contributed by atoms with Crippen molar-refractivity contribution >= 4 is 21.6 Å². The van der Waals surface area contributed by atoms with Crippen molar-refractivity contribution < 1.29 is 18.3 Å². The fourth-order valence-corrected chi connectivity index (χ4v) is 2.94. The molecule has 2 nitrogen and oxygen atoms in total. The standard InChI is InChI=1S/C14H17BrF3NO/c1-9(20)12-3-2-11(15)8-13(12)19-6-4-10(5-7-19)14(16,17)18/h2-3,8-10,20H,4-7H2,1H3. The second kappa shape index (κ2) is 5.93. The maximum atomic E-state index is 12.7. The van der Waals surface area contributed by atoms with Crippen molar-refractivity contribution in [3.05, 3.63) is 28.2 Å². The summed E-state index contributed by atoms with van der Waals surface area (Å²) in [6.45, 7) is 2.38. The van der Waals surface area contributed by atoms with E-state index in [0.29, 0.717) is 13.1 Å². The lowest BCUT2D eigenvalue weighted by Gasteiger charge is -2.36. The summed E-state index contributed by atoms with van der Waals surface area (Å²) in [4.78, 5) is 1.93. The Bertz CT molecular complexity index is 468. The van der Waals surface area contributed by atoms with Crippen molar-refractivity contribution in [2.45, 2.75) is 32.0 Å². The molecule has 1 fully saturated rings. The molecule has 1 aliphatic heterocycles. The van der Waals surface area contributed by atoms with Gasteiger partial charge in [0.15, 0.2) is 0 Å². The van der Waals surface area contributed by atoms with Crippen molar-refractivity contribution in [2.24, 2.45) is 5.92 Å². The molecule has 0 aromatic heterocycles. The summed E-state index contributed by atoms with van der Waals surface area (Å²) in [5.74, 6) is -1.21. The van der Waals surface area contributed by atoms with Gasteiger partial charge in [-0.1, -0.05) is 22.0 Å². The molecule has 20 heavy (non-hydrogen) atoms. The molecule has 2 rings (SSSR count). The molecule has 6 heteroatoms. The first-order chi connectivity index (χ1) is 9.29. The van der Waals surface area contributed by atoms with E-state index in [1.807, 2.05) is 17.0 Å². The maximum Gasteiger partial charge on any atom is 0.391 e. The Morgan fingerprint density at radius 1 is 1.30 bits per heavy atom. The number of aliphatic hydroxyl groups excluding tert-OH is 1. The van der Waals surface area contributed by atoms with E-state index in [-0.39, 0.29) is 12.8 Å². The third-order valence-electron chi connectivity index (χ3n) is 3.74. The van der Waals surface area contributed by atoms with Crippen LogP contribution < -0.4 is 4.90 Å². The Morgan fingerprint density at radius 3 is 2.40 bits per heavy atom. The molecule has 1 saturated heterocycles. The maximum absolute atomic E-state index is 12.7. The quantitative estimate of drug-likeness (QED) is 0.859. The second-order valence-electron chi connectivity index (χ2n) is 5.18. The molecule has 0 radical (unpaired) electrons. The van der Waals surface area contributed by atoms with Crippen molar-refractivity contribution in [2.75, 3.05) is 18.0 Å². The van der Waals surface area contributed by atoms with Gasteiger partial charge in [-0.15, -0.1) is 0 Å². The van der Waals surface area contributed by atoms with E-state index in [4.69, 9.17) is 0 Å². The Labute approximate surface area is 124 Å². The minimum atomic E-state index is -4.10. The van der Waals surface area contributed by atoms with Crippen LogP contribution >= 0.6 is 15.9 Å². The molecule has 0 spiro atoms. The van der Waals surface area contributed by atoms with Crippen LogP contribution in [0.5, 0.6) is 0 Å². The van der Waals surface area contributed by atoms with E-state index in [2.05, 4.69) is 15.9 Å². The largest absolute Gasteiger partial charge is 0.391 e. The molecular formula is C14H17BrF3NO. The minimum absolute atomic E-state index is 0.106. The monoisotopic (exact) mass is 351 g/mol. The van der Waals surface area contributed by atoms with Crippen LogP contribution in [0, 0.1) is 5.92 Å². The molecule has 0 saturated carbocycles. The number of benzene rings is 1. The van der Waals surface area contributed by atoms with Gasteiger partial charge in [0.05, 0.1) is 12.0 Å². The van der Waals surface area contributed by atoms with Crippen molar-refractivity contribution in [3.63, 3.8) is 0 Å². The predicted molar refractivity (Wildman–Crippen MR) is 75.8 cm³/mol. The number of alkyl halides is 3. The van der Waals surface area contributed by atoms with E-state index in [0.717, 1.165) is 15.7 Å². The second-order valence-corrected chi connectivity index (χ2v) is 6.10. The van der Waals surface area contributed by atoms with Crippen LogP contribution in [0.2, 0.25) is 0 Å². The molecule has 1 atom stereocenters. The molecule has 0 amide bonds. The third kappa shape index (κ3) is 3.47.